The van der Waals surface area contributed by atoms with Crippen LogP contribution in [0.25, 0.3) is 110 Å². The van der Waals surface area contributed by atoms with E-state index in [9.17, 15) is 0 Å². The predicted molar refractivity (Wildman–Crippen MR) is 256 cm³/mol. The molecule has 60 heavy (non-hydrogen) atoms. The lowest BCUT2D eigenvalue weighted by atomic mass is 9.86. The Morgan fingerprint density at radius 1 is 0.300 bits per heavy atom. The van der Waals surface area contributed by atoms with Gasteiger partial charge in [-0.05, 0) is 122 Å². The molecular formula is C58H40N2. The Balaban J connectivity index is 0.989. The average Bonchev–Trinajstić information content (AvgIpc) is 3.83. The third kappa shape index (κ3) is 5.21. The highest BCUT2D eigenvalue weighted by atomic mass is 15.0. The van der Waals surface area contributed by atoms with Crippen LogP contribution in [0.2, 0.25) is 0 Å². The van der Waals surface area contributed by atoms with E-state index in [1.165, 1.54) is 110 Å². The van der Waals surface area contributed by atoms with E-state index >= 15 is 0 Å². The van der Waals surface area contributed by atoms with Crippen molar-refractivity contribution in [1.82, 2.24) is 9.13 Å². The lowest BCUT2D eigenvalue weighted by Crippen LogP contribution is -1.98. The number of benzene rings is 10. The summed E-state index contributed by atoms with van der Waals surface area (Å²) in [5, 5.41) is 10.1. The third-order valence-corrected chi connectivity index (χ3v) is 12.7. The van der Waals surface area contributed by atoms with E-state index in [-0.39, 0.29) is 0 Å². The monoisotopic (exact) mass is 764 g/mol. The van der Waals surface area contributed by atoms with Gasteiger partial charge in [0.2, 0.25) is 0 Å². The number of aromatic nitrogens is 2. The van der Waals surface area contributed by atoms with Gasteiger partial charge < -0.3 is 9.13 Å². The summed E-state index contributed by atoms with van der Waals surface area (Å²) in [5.74, 6) is 0. The van der Waals surface area contributed by atoms with Gasteiger partial charge in [0, 0.05) is 32.9 Å². The van der Waals surface area contributed by atoms with E-state index in [0.717, 1.165) is 12.1 Å². The van der Waals surface area contributed by atoms with E-state index in [0.29, 0.717) is 0 Å². The second-order valence-electron chi connectivity index (χ2n) is 15.9. The van der Waals surface area contributed by atoms with Crippen LogP contribution in [0.4, 0.5) is 0 Å². The fourth-order valence-electron chi connectivity index (χ4n) is 10.0. The first kappa shape index (κ1) is 34.4. The van der Waals surface area contributed by atoms with Gasteiger partial charge in [-0.15, -0.1) is 0 Å². The summed E-state index contributed by atoms with van der Waals surface area (Å²) in [6.45, 7) is 2.24. The third-order valence-electron chi connectivity index (χ3n) is 12.7. The highest BCUT2D eigenvalue weighted by Gasteiger charge is 2.19. The molecule has 0 spiro atoms. The summed E-state index contributed by atoms with van der Waals surface area (Å²) in [6.07, 6.45) is 0.983. The molecule has 0 unspecified atom stereocenters. The molecule has 0 bridgehead atoms. The van der Waals surface area contributed by atoms with Crippen molar-refractivity contribution in [2.24, 2.45) is 0 Å². The van der Waals surface area contributed by atoms with Crippen LogP contribution in [0.15, 0.2) is 212 Å². The molecule has 282 valence electrons. The Morgan fingerprint density at radius 3 is 1.25 bits per heavy atom. The lowest BCUT2D eigenvalue weighted by Gasteiger charge is -2.18. The molecule has 0 atom stereocenters. The van der Waals surface area contributed by atoms with Crippen LogP contribution in [-0.2, 0) is 6.42 Å². The number of fused-ring (bicyclic) bond motifs is 8. The Kier molecular flexibility index (Phi) is 7.86. The van der Waals surface area contributed by atoms with Crippen LogP contribution in [0.5, 0.6) is 0 Å². The summed E-state index contributed by atoms with van der Waals surface area (Å²) in [7, 11) is 0. The summed E-state index contributed by atoms with van der Waals surface area (Å²) < 4.78 is 4.87. The maximum absolute atomic E-state index is 2.44. The van der Waals surface area contributed by atoms with E-state index in [2.05, 4.69) is 228 Å². The first-order valence-electron chi connectivity index (χ1n) is 21.0. The highest BCUT2D eigenvalue weighted by molar-refractivity contribution is 6.21. The molecule has 2 heterocycles. The van der Waals surface area contributed by atoms with Crippen LogP contribution < -0.4 is 0 Å². The van der Waals surface area contributed by atoms with Crippen LogP contribution in [-0.4, -0.2) is 9.13 Å². The van der Waals surface area contributed by atoms with E-state index < -0.39 is 0 Å². The number of hydrogen-bond donors (Lipinski definition) is 0. The molecule has 0 amide bonds. The molecule has 0 saturated heterocycles. The van der Waals surface area contributed by atoms with Crippen molar-refractivity contribution in [3.63, 3.8) is 0 Å². The number of nitrogens with zero attached hydrogens (tertiary/aromatic N) is 2. The fraction of sp³-hybridized carbons (Fsp3) is 0.0345. The standard InChI is InChI=1S/C58H40N2/c1-2-38-16-6-13-25-52(38)60-54-27-15-12-20-45(54)51-37-42(31-35-56(51)60)41-30-34-55-50(36-41)44-19-11-14-26-53(44)59(55)43-32-28-40(29-33-43)58-48-23-9-7-21-46(48)57(39-17-4-3-5-18-39)47-22-8-10-24-49(47)58/h3-37H,2H2,1H3. The minimum atomic E-state index is 0.983. The predicted octanol–water partition coefficient (Wildman–Crippen LogP) is 15.8. The lowest BCUT2D eigenvalue weighted by molar-refractivity contribution is 1.07. The topological polar surface area (TPSA) is 9.86 Å². The van der Waals surface area contributed by atoms with Gasteiger partial charge in [-0.1, -0.05) is 165 Å². The SMILES string of the molecule is CCc1ccccc1-n1c2ccccc2c2cc(-c3ccc4c(c3)c3ccccc3n4-c3ccc(-c4c5ccccc5c(-c5ccccc5)c5ccccc45)cc3)ccc21. The van der Waals surface area contributed by atoms with Crippen LogP contribution >= 0.6 is 0 Å². The second-order valence-corrected chi connectivity index (χ2v) is 15.9. The van der Waals surface area contributed by atoms with Gasteiger partial charge >= 0.3 is 0 Å². The summed E-state index contributed by atoms with van der Waals surface area (Å²) in [5.41, 5.74) is 16.1. The molecule has 2 aromatic heterocycles. The smallest absolute Gasteiger partial charge is 0.0541 e. The molecular weight excluding hydrogens is 725 g/mol. The Bertz CT molecular complexity index is 3570. The maximum atomic E-state index is 2.44. The van der Waals surface area contributed by atoms with Gasteiger partial charge in [-0.2, -0.15) is 0 Å². The quantitative estimate of drug-likeness (QED) is 0.149. The molecule has 12 rings (SSSR count). The minimum absolute atomic E-state index is 0.983. The Hall–Kier alpha value is -7.68. The number of aryl methyl sites for hydroxylation is 1. The molecule has 0 aliphatic heterocycles. The fourth-order valence-corrected chi connectivity index (χ4v) is 10.0. The van der Waals surface area contributed by atoms with Gasteiger partial charge in [-0.25, -0.2) is 0 Å². The number of hydrogen-bond acceptors (Lipinski definition) is 0. The molecule has 0 fully saturated rings. The summed E-state index contributed by atoms with van der Waals surface area (Å²) >= 11 is 0. The largest absolute Gasteiger partial charge is 0.309 e. The zero-order valence-corrected chi connectivity index (χ0v) is 33.3. The maximum Gasteiger partial charge on any atom is 0.0541 e. The minimum Gasteiger partial charge on any atom is -0.309 e. The molecule has 0 N–H and O–H groups in total. The van der Waals surface area contributed by atoms with Crippen molar-refractivity contribution in [1.29, 1.82) is 0 Å². The summed E-state index contributed by atoms with van der Waals surface area (Å²) in [4.78, 5) is 0. The van der Waals surface area contributed by atoms with Gasteiger partial charge in [0.25, 0.3) is 0 Å². The Labute approximate surface area is 348 Å². The molecule has 0 saturated carbocycles. The normalized spacial score (nSPS) is 11.8. The number of para-hydroxylation sites is 3. The summed E-state index contributed by atoms with van der Waals surface area (Å²) in [6, 6.07) is 78.2. The zero-order valence-electron chi connectivity index (χ0n) is 33.3. The van der Waals surface area contributed by atoms with Crippen molar-refractivity contribution in [3.8, 4) is 44.8 Å². The number of rotatable bonds is 6. The average molecular weight is 765 g/mol. The van der Waals surface area contributed by atoms with Crippen LogP contribution in [0, 0.1) is 0 Å². The van der Waals surface area contributed by atoms with E-state index in [4.69, 9.17) is 0 Å². The van der Waals surface area contributed by atoms with E-state index in [1.807, 2.05) is 0 Å². The molecule has 0 aliphatic rings. The second kappa shape index (κ2) is 13.7. The van der Waals surface area contributed by atoms with Gasteiger partial charge in [-0.3, -0.25) is 0 Å². The van der Waals surface area contributed by atoms with Crippen LogP contribution in [0.3, 0.4) is 0 Å². The van der Waals surface area contributed by atoms with E-state index in [1.54, 1.807) is 0 Å². The highest BCUT2D eigenvalue weighted by Crippen LogP contribution is 2.44. The van der Waals surface area contributed by atoms with Crippen molar-refractivity contribution >= 4 is 65.2 Å². The molecule has 10 aromatic carbocycles. The first-order chi connectivity index (χ1) is 29.7. The van der Waals surface area contributed by atoms with Crippen molar-refractivity contribution in [3.05, 3.63) is 218 Å². The van der Waals surface area contributed by atoms with Crippen molar-refractivity contribution in [2.75, 3.05) is 0 Å². The van der Waals surface area contributed by atoms with Crippen molar-refractivity contribution < 1.29 is 0 Å². The zero-order chi connectivity index (χ0) is 39.7. The molecule has 0 radical (unpaired) electrons. The van der Waals surface area contributed by atoms with Gasteiger partial charge in [0.15, 0.2) is 0 Å². The van der Waals surface area contributed by atoms with Gasteiger partial charge in [0.1, 0.15) is 0 Å². The molecule has 12 aromatic rings. The van der Waals surface area contributed by atoms with Gasteiger partial charge in [0.05, 0.1) is 22.1 Å². The van der Waals surface area contributed by atoms with Crippen molar-refractivity contribution in [2.45, 2.75) is 13.3 Å². The van der Waals surface area contributed by atoms with Crippen LogP contribution in [0.1, 0.15) is 12.5 Å². The Morgan fingerprint density at radius 2 is 0.700 bits per heavy atom. The molecule has 2 heteroatoms. The molecule has 2 nitrogen and oxygen atoms in total. The first-order valence-corrected chi connectivity index (χ1v) is 21.0. The molecule has 0 aliphatic carbocycles.